The number of hydrogen-bond donors (Lipinski definition) is 1. The highest BCUT2D eigenvalue weighted by molar-refractivity contribution is 7.89. The van der Waals surface area contributed by atoms with E-state index < -0.39 is 10.0 Å². The van der Waals surface area contributed by atoms with Crippen LogP contribution >= 0.6 is 11.3 Å². The van der Waals surface area contributed by atoms with Crippen LogP contribution in [0, 0.1) is 0 Å². The largest absolute Gasteiger partial charge is 0.497 e. The molecule has 118 valence electrons. The van der Waals surface area contributed by atoms with Crippen LogP contribution in [-0.2, 0) is 16.4 Å². The maximum atomic E-state index is 12.2. The molecule has 0 aliphatic heterocycles. The summed E-state index contributed by atoms with van der Waals surface area (Å²) in [4.78, 5) is 13.0. The van der Waals surface area contributed by atoms with Crippen molar-refractivity contribution < 1.29 is 17.9 Å². The fourth-order valence-corrected chi connectivity index (χ4v) is 3.83. The average Bonchev–Trinajstić information content (AvgIpc) is 2.96. The van der Waals surface area contributed by atoms with Crippen LogP contribution in [-0.4, -0.2) is 27.9 Å². The first-order valence-corrected chi connectivity index (χ1v) is 8.96. The molecule has 22 heavy (non-hydrogen) atoms. The van der Waals surface area contributed by atoms with Gasteiger partial charge >= 0.3 is 0 Å². The molecule has 1 N–H and O–H groups in total. The molecule has 0 radical (unpaired) electrons. The van der Waals surface area contributed by atoms with Gasteiger partial charge in [0.15, 0.2) is 5.78 Å². The average molecular weight is 339 g/mol. The lowest BCUT2D eigenvalue weighted by atomic mass is 10.3. The molecule has 0 atom stereocenters. The molecule has 5 nitrogen and oxygen atoms in total. The molecule has 7 heteroatoms. The summed E-state index contributed by atoms with van der Waals surface area (Å²) in [5.74, 6) is 0.514. The van der Waals surface area contributed by atoms with Gasteiger partial charge < -0.3 is 4.74 Å². The highest BCUT2D eigenvalue weighted by Gasteiger charge is 2.14. The first-order valence-electron chi connectivity index (χ1n) is 6.66. The van der Waals surface area contributed by atoms with E-state index in [0.717, 1.165) is 4.88 Å². The fraction of sp³-hybridized carbons (Fsp3) is 0.267. The maximum Gasteiger partial charge on any atom is 0.240 e. The third-order valence-electron chi connectivity index (χ3n) is 3.02. The van der Waals surface area contributed by atoms with E-state index in [9.17, 15) is 13.2 Å². The number of carbonyl (C=O) groups excluding carboxylic acids is 1. The molecular formula is C15H17NO4S2. The number of ketones is 1. The standard InChI is InChI=1S/C15H17NO4S2/c1-11(17)15-7-6-13(21-15)8-9-16-22(18,19)14-5-3-4-12(10-14)20-2/h3-7,10,16H,8-9H2,1-2H3. The van der Waals surface area contributed by atoms with E-state index in [4.69, 9.17) is 4.74 Å². The van der Waals surface area contributed by atoms with Crippen molar-refractivity contribution in [3.8, 4) is 5.75 Å². The van der Waals surface area contributed by atoms with E-state index in [2.05, 4.69) is 4.72 Å². The van der Waals surface area contributed by atoms with Crippen LogP contribution in [0.3, 0.4) is 0 Å². The number of Topliss-reactive ketones (excluding diaryl/α,β-unsaturated/α-hetero) is 1. The van der Waals surface area contributed by atoms with E-state index in [-0.39, 0.29) is 17.2 Å². The molecule has 0 spiro atoms. The molecular weight excluding hydrogens is 322 g/mol. The van der Waals surface area contributed by atoms with Crippen molar-refractivity contribution >= 4 is 27.1 Å². The SMILES string of the molecule is COc1cccc(S(=O)(=O)NCCc2ccc(C(C)=O)s2)c1. The van der Waals surface area contributed by atoms with Crippen molar-refractivity contribution in [1.29, 1.82) is 0 Å². The number of nitrogens with one attached hydrogen (secondary N) is 1. The Hall–Kier alpha value is -1.70. The summed E-state index contributed by atoms with van der Waals surface area (Å²) in [5.41, 5.74) is 0. The summed E-state index contributed by atoms with van der Waals surface area (Å²) in [6.07, 6.45) is 0.543. The van der Waals surface area contributed by atoms with E-state index in [1.165, 1.54) is 37.5 Å². The molecule has 0 saturated carbocycles. The van der Waals surface area contributed by atoms with Crippen LogP contribution in [0.4, 0.5) is 0 Å². The number of carbonyl (C=O) groups is 1. The zero-order chi connectivity index (χ0) is 16.2. The molecule has 0 saturated heterocycles. The van der Waals surface area contributed by atoms with E-state index >= 15 is 0 Å². The van der Waals surface area contributed by atoms with Gasteiger partial charge in [0.25, 0.3) is 0 Å². The molecule has 0 aliphatic rings. The van der Waals surface area contributed by atoms with E-state index in [1.54, 1.807) is 18.2 Å². The lowest BCUT2D eigenvalue weighted by Gasteiger charge is -2.07. The summed E-state index contributed by atoms with van der Waals surface area (Å²) in [5, 5.41) is 0. The zero-order valence-electron chi connectivity index (χ0n) is 12.3. The van der Waals surface area contributed by atoms with Gasteiger partial charge in [-0.2, -0.15) is 0 Å². The molecule has 2 rings (SSSR count). The summed E-state index contributed by atoms with van der Waals surface area (Å²) >= 11 is 1.39. The van der Waals surface area contributed by atoms with Gasteiger partial charge in [-0.15, -0.1) is 11.3 Å². The number of rotatable bonds is 7. The fourth-order valence-electron chi connectivity index (χ4n) is 1.86. The molecule has 0 bridgehead atoms. The van der Waals surface area contributed by atoms with Crippen molar-refractivity contribution in [1.82, 2.24) is 4.72 Å². The number of benzene rings is 1. The van der Waals surface area contributed by atoms with Crippen molar-refractivity contribution in [2.45, 2.75) is 18.2 Å². The maximum absolute atomic E-state index is 12.2. The lowest BCUT2D eigenvalue weighted by molar-refractivity contribution is 0.102. The molecule has 0 aliphatic carbocycles. The molecule has 2 aromatic rings. The molecule has 1 heterocycles. The second-order valence-corrected chi connectivity index (χ2v) is 7.58. The number of sulfonamides is 1. The smallest absolute Gasteiger partial charge is 0.240 e. The topological polar surface area (TPSA) is 72.5 Å². The summed E-state index contributed by atoms with van der Waals surface area (Å²) in [7, 11) is -2.08. The second kappa shape index (κ2) is 7.04. The Morgan fingerprint density at radius 2 is 2.05 bits per heavy atom. The highest BCUT2D eigenvalue weighted by atomic mass is 32.2. The third kappa shape index (κ3) is 4.16. The van der Waals surface area contributed by atoms with E-state index in [1.807, 2.05) is 6.07 Å². The summed E-state index contributed by atoms with van der Waals surface area (Å²) in [6, 6.07) is 9.92. The first-order chi connectivity index (χ1) is 10.4. The van der Waals surface area contributed by atoms with Crippen LogP contribution < -0.4 is 9.46 Å². The monoisotopic (exact) mass is 339 g/mol. The van der Waals surface area contributed by atoms with Crippen LogP contribution in [0.15, 0.2) is 41.3 Å². The number of thiophene rings is 1. The van der Waals surface area contributed by atoms with Gasteiger partial charge in [-0.1, -0.05) is 6.07 Å². The molecule has 0 unspecified atom stereocenters. The molecule has 0 fully saturated rings. The second-order valence-electron chi connectivity index (χ2n) is 4.65. The van der Waals surface area contributed by atoms with Gasteiger partial charge in [0.2, 0.25) is 10.0 Å². The summed E-state index contributed by atoms with van der Waals surface area (Å²) < 4.78 is 32.0. The van der Waals surface area contributed by atoms with Crippen LogP contribution in [0.2, 0.25) is 0 Å². The predicted octanol–water partition coefficient (Wildman–Crippen LogP) is 2.48. The van der Waals surface area contributed by atoms with Crippen LogP contribution in [0.5, 0.6) is 5.75 Å². The van der Waals surface area contributed by atoms with Crippen molar-refractivity contribution in [2.24, 2.45) is 0 Å². The normalized spacial score (nSPS) is 11.4. The Kier molecular flexibility index (Phi) is 5.33. The van der Waals surface area contributed by atoms with Crippen molar-refractivity contribution in [3.05, 3.63) is 46.2 Å². The minimum atomic E-state index is -3.56. The van der Waals surface area contributed by atoms with Gasteiger partial charge in [-0.3, -0.25) is 4.79 Å². The number of hydrogen-bond acceptors (Lipinski definition) is 5. The quantitative estimate of drug-likeness (QED) is 0.787. The minimum absolute atomic E-state index is 0.0215. The van der Waals surface area contributed by atoms with Gasteiger partial charge in [-0.25, -0.2) is 13.1 Å². The van der Waals surface area contributed by atoms with Gasteiger partial charge in [0, 0.05) is 17.5 Å². The van der Waals surface area contributed by atoms with Crippen LogP contribution in [0.1, 0.15) is 21.5 Å². The summed E-state index contributed by atoms with van der Waals surface area (Å²) in [6.45, 7) is 1.79. The Balaban J connectivity index is 1.98. The first kappa shape index (κ1) is 16.7. The number of ether oxygens (including phenoxy) is 1. The zero-order valence-corrected chi connectivity index (χ0v) is 14.0. The van der Waals surface area contributed by atoms with Crippen LogP contribution in [0.25, 0.3) is 0 Å². The van der Waals surface area contributed by atoms with Gasteiger partial charge in [0.05, 0.1) is 16.9 Å². The third-order valence-corrected chi connectivity index (χ3v) is 5.73. The lowest BCUT2D eigenvalue weighted by Crippen LogP contribution is -2.25. The Morgan fingerprint density at radius 1 is 1.27 bits per heavy atom. The molecule has 0 amide bonds. The highest BCUT2D eigenvalue weighted by Crippen LogP contribution is 2.19. The van der Waals surface area contributed by atoms with Crippen molar-refractivity contribution in [2.75, 3.05) is 13.7 Å². The van der Waals surface area contributed by atoms with E-state index in [0.29, 0.717) is 17.0 Å². The minimum Gasteiger partial charge on any atom is -0.497 e. The molecule has 1 aromatic heterocycles. The Bertz CT molecular complexity index is 765. The Morgan fingerprint density at radius 3 is 2.68 bits per heavy atom. The molecule has 1 aromatic carbocycles. The van der Waals surface area contributed by atoms with Gasteiger partial charge in [-0.05, 0) is 37.6 Å². The Labute approximate surface area is 134 Å². The van der Waals surface area contributed by atoms with Gasteiger partial charge in [0.1, 0.15) is 5.75 Å². The van der Waals surface area contributed by atoms with Crippen molar-refractivity contribution in [3.63, 3.8) is 0 Å². The predicted molar refractivity (Wildman–Crippen MR) is 86.2 cm³/mol. The number of methoxy groups -OCH3 is 1.